The molecule has 0 aliphatic heterocycles. The molecule has 1 unspecified atom stereocenters. The Hall–Kier alpha value is -1.85. The predicted octanol–water partition coefficient (Wildman–Crippen LogP) is 1.91. The Morgan fingerprint density at radius 2 is 1.82 bits per heavy atom. The van der Waals surface area contributed by atoms with E-state index in [9.17, 15) is 8.78 Å². The zero-order valence-corrected chi connectivity index (χ0v) is 8.90. The van der Waals surface area contributed by atoms with Gasteiger partial charge in [0.15, 0.2) is 0 Å². The molecule has 1 atom stereocenters. The van der Waals surface area contributed by atoms with E-state index in [-0.39, 0.29) is 0 Å². The van der Waals surface area contributed by atoms with E-state index in [1.807, 2.05) is 0 Å². The molecule has 0 saturated carbocycles. The van der Waals surface area contributed by atoms with Crippen LogP contribution in [0.5, 0.6) is 0 Å². The Morgan fingerprint density at radius 1 is 1.12 bits per heavy atom. The topological polar surface area (TPSA) is 50.9 Å². The van der Waals surface area contributed by atoms with Gasteiger partial charge in [-0.1, -0.05) is 6.07 Å². The van der Waals surface area contributed by atoms with Gasteiger partial charge in [-0.3, -0.25) is 10.8 Å². The highest BCUT2D eigenvalue weighted by Crippen LogP contribution is 2.23. The summed E-state index contributed by atoms with van der Waals surface area (Å²) in [6, 6.07) is 6.31. The summed E-state index contributed by atoms with van der Waals surface area (Å²) < 4.78 is 26.4. The van der Waals surface area contributed by atoms with Crippen molar-refractivity contribution in [2.75, 3.05) is 0 Å². The van der Waals surface area contributed by atoms with Crippen molar-refractivity contribution >= 4 is 0 Å². The molecule has 0 spiro atoms. The Balaban J connectivity index is 2.42. The largest absolute Gasteiger partial charge is 0.271 e. The lowest BCUT2D eigenvalue weighted by Crippen LogP contribution is -2.29. The quantitative estimate of drug-likeness (QED) is 0.631. The summed E-state index contributed by atoms with van der Waals surface area (Å²) in [5.74, 6) is 4.16. The number of hydrogen-bond acceptors (Lipinski definition) is 3. The number of pyridine rings is 1. The highest BCUT2D eigenvalue weighted by atomic mass is 19.1. The Labute approximate surface area is 97.3 Å². The van der Waals surface area contributed by atoms with Crippen molar-refractivity contribution in [3.8, 4) is 0 Å². The van der Waals surface area contributed by atoms with Gasteiger partial charge in [0.1, 0.15) is 11.6 Å². The summed E-state index contributed by atoms with van der Waals surface area (Å²) in [6.07, 6.45) is 3.17. The maximum atomic E-state index is 13.6. The van der Waals surface area contributed by atoms with Crippen LogP contribution >= 0.6 is 0 Å². The maximum Gasteiger partial charge on any atom is 0.131 e. The maximum absolute atomic E-state index is 13.6. The van der Waals surface area contributed by atoms with Gasteiger partial charge in [-0.05, 0) is 23.8 Å². The van der Waals surface area contributed by atoms with Crippen LogP contribution in [0, 0.1) is 11.6 Å². The number of nitrogens with zero attached hydrogens (tertiary/aromatic N) is 1. The van der Waals surface area contributed by atoms with E-state index >= 15 is 0 Å². The summed E-state index contributed by atoms with van der Waals surface area (Å²) in [5.41, 5.74) is 3.55. The average Bonchev–Trinajstić information content (AvgIpc) is 2.34. The molecule has 1 aromatic carbocycles. The highest BCUT2D eigenvalue weighted by Gasteiger charge is 2.16. The van der Waals surface area contributed by atoms with Gasteiger partial charge >= 0.3 is 0 Å². The summed E-state index contributed by atoms with van der Waals surface area (Å²) in [5, 5.41) is 0. The van der Waals surface area contributed by atoms with Crippen LogP contribution in [0.3, 0.4) is 0 Å². The van der Waals surface area contributed by atoms with Gasteiger partial charge < -0.3 is 0 Å². The Kier molecular flexibility index (Phi) is 3.41. The zero-order valence-electron chi connectivity index (χ0n) is 8.90. The van der Waals surface area contributed by atoms with Crippen LogP contribution in [-0.2, 0) is 0 Å². The first-order valence-corrected chi connectivity index (χ1v) is 5.03. The Bertz CT molecular complexity index is 502. The van der Waals surface area contributed by atoms with Crippen molar-refractivity contribution in [1.82, 2.24) is 10.4 Å². The van der Waals surface area contributed by atoms with Crippen LogP contribution in [0.25, 0.3) is 0 Å². The van der Waals surface area contributed by atoms with Crippen molar-refractivity contribution < 1.29 is 8.78 Å². The molecule has 0 amide bonds. The number of hydrazine groups is 1. The summed E-state index contributed by atoms with van der Waals surface area (Å²) in [6.45, 7) is 0. The van der Waals surface area contributed by atoms with Crippen LogP contribution in [0.2, 0.25) is 0 Å². The molecule has 0 bridgehead atoms. The van der Waals surface area contributed by atoms with Crippen LogP contribution in [0.4, 0.5) is 8.78 Å². The molecule has 3 nitrogen and oxygen atoms in total. The van der Waals surface area contributed by atoms with Gasteiger partial charge in [0.2, 0.25) is 0 Å². The molecule has 2 aromatic rings. The summed E-state index contributed by atoms with van der Waals surface area (Å²) in [4.78, 5) is 3.87. The number of rotatable bonds is 3. The SMILES string of the molecule is NNC(c1ccncc1)c1ccc(F)cc1F. The second-order valence-corrected chi connectivity index (χ2v) is 3.55. The molecule has 1 heterocycles. The summed E-state index contributed by atoms with van der Waals surface area (Å²) in [7, 11) is 0. The third kappa shape index (κ3) is 2.46. The number of benzene rings is 1. The van der Waals surface area contributed by atoms with Gasteiger partial charge in [0, 0.05) is 24.0 Å². The van der Waals surface area contributed by atoms with E-state index in [1.54, 1.807) is 24.5 Å². The number of nitrogens with two attached hydrogens (primary N) is 1. The first-order valence-electron chi connectivity index (χ1n) is 5.03. The van der Waals surface area contributed by atoms with Crippen molar-refractivity contribution in [3.63, 3.8) is 0 Å². The molecular formula is C12H11F2N3. The van der Waals surface area contributed by atoms with Crippen LogP contribution < -0.4 is 11.3 Å². The van der Waals surface area contributed by atoms with E-state index in [2.05, 4.69) is 10.4 Å². The normalized spacial score (nSPS) is 12.4. The number of hydrogen-bond donors (Lipinski definition) is 2. The molecule has 0 aliphatic carbocycles. The standard InChI is InChI=1S/C12H11F2N3/c13-9-1-2-10(11(14)7-9)12(17-15)8-3-5-16-6-4-8/h1-7,12,17H,15H2. The number of halogens is 2. The Morgan fingerprint density at radius 3 is 2.41 bits per heavy atom. The van der Waals surface area contributed by atoms with Crippen LogP contribution in [0.1, 0.15) is 17.2 Å². The van der Waals surface area contributed by atoms with Crippen molar-refractivity contribution in [2.45, 2.75) is 6.04 Å². The number of aromatic nitrogens is 1. The lowest BCUT2D eigenvalue weighted by molar-refractivity contribution is 0.541. The molecule has 0 radical (unpaired) electrons. The fraction of sp³-hybridized carbons (Fsp3) is 0.0833. The zero-order chi connectivity index (χ0) is 12.3. The van der Waals surface area contributed by atoms with Crippen LogP contribution in [-0.4, -0.2) is 4.98 Å². The van der Waals surface area contributed by atoms with Crippen molar-refractivity contribution in [1.29, 1.82) is 0 Å². The predicted molar refractivity (Wildman–Crippen MR) is 59.8 cm³/mol. The van der Waals surface area contributed by atoms with E-state index in [0.717, 1.165) is 11.6 Å². The summed E-state index contributed by atoms with van der Waals surface area (Å²) >= 11 is 0. The minimum absolute atomic E-state index is 0.292. The van der Waals surface area contributed by atoms with E-state index in [4.69, 9.17) is 5.84 Å². The average molecular weight is 235 g/mol. The molecule has 5 heteroatoms. The van der Waals surface area contributed by atoms with Gasteiger partial charge in [-0.25, -0.2) is 14.2 Å². The molecule has 0 saturated heterocycles. The van der Waals surface area contributed by atoms with E-state index < -0.39 is 17.7 Å². The van der Waals surface area contributed by atoms with Gasteiger partial charge in [-0.2, -0.15) is 0 Å². The first-order chi connectivity index (χ1) is 8.22. The minimum Gasteiger partial charge on any atom is -0.271 e. The molecule has 17 heavy (non-hydrogen) atoms. The smallest absolute Gasteiger partial charge is 0.131 e. The molecule has 0 aliphatic rings. The lowest BCUT2D eigenvalue weighted by Gasteiger charge is -2.17. The second kappa shape index (κ2) is 4.99. The van der Waals surface area contributed by atoms with Crippen LogP contribution in [0.15, 0.2) is 42.7 Å². The molecule has 3 N–H and O–H groups in total. The third-order valence-electron chi connectivity index (χ3n) is 2.48. The molecule has 2 rings (SSSR count). The van der Waals surface area contributed by atoms with Crippen molar-refractivity contribution in [3.05, 3.63) is 65.5 Å². The molecule has 88 valence electrons. The fourth-order valence-electron chi connectivity index (χ4n) is 1.66. The van der Waals surface area contributed by atoms with E-state index in [0.29, 0.717) is 5.56 Å². The van der Waals surface area contributed by atoms with Gasteiger partial charge in [-0.15, -0.1) is 0 Å². The lowest BCUT2D eigenvalue weighted by atomic mass is 10.00. The van der Waals surface area contributed by atoms with Crippen molar-refractivity contribution in [2.24, 2.45) is 5.84 Å². The van der Waals surface area contributed by atoms with Gasteiger partial charge in [0.05, 0.1) is 6.04 Å². The first kappa shape index (κ1) is 11.6. The number of nitrogens with one attached hydrogen (secondary N) is 1. The highest BCUT2D eigenvalue weighted by molar-refractivity contribution is 5.31. The second-order valence-electron chi connectivity index (χ2n) is 3.55. The third-order valence-corrected chi connectivity index (χ3v) is 2.48. The fourth-order valence-corrected chi connectivity index (χ4v) is 1.66. The monoisotopic (exact) mass is 235 g/mol. The molecule has 1 aromatic heterocycles. The molecule has 0 fully saturated rings. The van der Waals surface area contributed by atoms with Gasteiger partial charge in [0.25, 0.3) is 0 Å². The van der Waals surface area contributed by atoms with E-state index in [1.165, 1.54) is 12.1 Å². The minimum atomic E-state index is -0.634. The molecular weight excluding hydrogens is 224 g/mol.